The standard InChI is InChI=1S/C22H16F4N2O2S/c1-29-19-8-5-14(9-20(19)30-2)18-10-17(22(24,25)26)16(11-27)21(28-18)31-12-13-3-6-15(23)7-4-13/h3-10H,12H2,1-2H3. The Morgan fingerprint density at radius 3 is 2.26 bits per heavy atom. The van der Waals surface area contributed by atoms with Crippen LogP contribution in [0.1, 0.15) is 16.7 Å². The second-order valence-corrected chi connectivity index (χ2v) is 7.29. The van der Waals surface area contributed by atoms with Crippen LogP contribution in [-0.2, 0) is 11.9 Å². The second-order valence-electron chi connectivity index (χ2n) is 6.33. The molecule has 0 saturated carbocycles. The molecule has 0 atom stereocenters. The van der Waals surface area contributed by atoms with Crippen LogP contribution in [0.4, 0.5) is 17.6 Å². The van der Waals surface area contributed by atoms with Crippen molar-refractivity contribution >= 4 is 11.8 Å². The lowest BCUT2D eigenvalue weighted by molar-refractivity contribution is -0.138. The van der Waals surface area contributed by atoms with Gasteiger partial charge < -0.3 is 9.47 Å². The van der Waals surface area contributed by atoms with Gasteiger partial charge in [-0.15, -0.1) is 11.8 Å². The third-order valence-corrected chi connectivity index (χ3v) is 5.42. The normalized spacial score (nSPS) is 11.1. The van der Waals surface area contributed by atoms with E-state index in [4.69, 9.17) is 9.47 Å². The van der Waals surface area contributed by atoms with Gasteiger partial charge in [0.25, 0.3) is 0 Å². The Balaban J connectivity index is 2.09. The minimum absolute atomic E-state index is 0.0360. The number of halogens is 4. The number of thioether (sulfide) groups is 1. The molecule has 0 radical (unpaired) electrons. The van der Waals surface area contributed by atoms with Crippen molar-refractivity contribution in [3.8, 4) is 28.8 Å². The first-order valence-corrected chi connectivity index (χ1v) is 9.87. The van der Waals surface area contributed by atoms with Crippen molar-refractivity contribution in [1.29, 1.82) is 5.26 Å². The molecule has 4 nitrogen and oxygen atoms in total. The first-order chi connectivity index (χ1) is 14.8. The monoisotopic (exact) mass is 448 g/mol. The molecule has 0 aliphatic heterocycles. The van der Waals surface area contributed by atoms with Crippen LogP contribution in [0.3, 0.4) is 0 Å². The van der Waals surface area contributed by atoms with E-state index in [1.54, 1.807) is 18.2 Å². The lowest BCUT2D eigenvalue weighted by Crippen LogP contribution is -2.10. The molecule has 0 amide bonds. The Kier molecular flexibility index (Phi) is 6.71. The Morgan fingerprint density at radius 2 is 1.68 bits per heavy atom. The van der Waals surface area contributed by atoms with Gasteiger partial charge in [0.2, 0.25) is 0 Å². The van der Waals surface area contributed by atoms with Gasteiger partial charge in [-0.25, -0.2) is 9.37 Å². The largest absolute Gasteiger partial charge is 0.493 e. The molecule has 160 valence electrons. The zero-order valence-electron chi connectivity index (χ0n) is 16.5. The summed E-state index contributed by atoms with van der Waals surface area (Å²) in [7, 11) is 2.86. The number of methoxy groups -OCH3 is 2. The van der Waals surface area contributed by atoms with E-state index >= 15 is 0 Å². The highest BCUT2D eigenvalue weighted by atomic mass is 32.2. The average molecular weight is 448 g/mol. The van der Waals surface area contributed by atoms with E-state index in [9.17, 15) is 22.8 Å². The van der Waals surface area contributed by atoms with Crippen molar-refractivity contribution < 1.29 is 27.0 Å². The summed E-state index contributed by atoms with van der Waals surface area (Å²) in [6, 6.07) is 12.7. The predicted octanol–water partition coefficient (Wildman–Crippen LogP) is 6.09. The van der Waals surface area contributed by atoms with E-state index in [0.29, 0.717) is 22.6 Å². The maximum Gasteiger partial charge on any atom is 0.417 e. The van der Waals surface area contributed by atoms with Crippen LogP contribution in [-0.4, -0.2) is 19.2 Å². The molecule has 1 aromatic heterocycles. The summed E-state index contributed by atoms with van der Waals surface area (Å²) in [5.41, 5.74) is -0.535. The number of alkyl halides is 3. The van der Waals surface area contributed by atoms with E-state index in [1.165, 1.54) is 44.6 Å². The van der Waals surface area contributed by atoms with Gasteiger partial charge in [-0.3, -0.25) is 0 Å². The lowest BCUT2D eigenvalue weighted by atomic mass is 10.0. The average Bonchev–Trinajstić information content (AvgIpc) is 2.76. The molecule has 1 heterocycles. The summed E-state index contributed by atoms with van der Waals surface area (Å²) >= 11 is 0.975. The van der Waals surface area contributed by atoms with Gasteiger partial charge in [0.05, 0.1) is 31.0 Å². The third kappa shape index (κ3) is 5.09. The van der Waals surface area contributed by atoms with Gasteiger partial charge in [0.15, 0.2) is 11.5 Å². The number of hydrogen-bond donors (Lipinski definition) is 0. The highest BCUT2D eigenvalue weighted by Crippen LogP contribution is 2.40. The summed E-state index contributed by atoms with van der Waals surface area (Å²) in [5, 5.41) is 9.36. The van der Waals surface area contributed by atoms with Gasteiger partial charge in [0, 0.05) is 11.3 Å². The van der Waals surface area contributed by atoms with Gasteiger partial charge in [-0.05, 0) is 42.0 Å². The topological polar surface area (TPSA) is 55.1 Å². The van der Waals surface area contributed by atoms with Crippen molar-refractivity contribution in [2.45, 2.75) is 17.0 Å². The molecule has 2 aromatic carbocycles. The molecular formula is C22H16F4N2O2S. The Bertz CT molecular complexity index is 1130. The first-order valence-electron chi connectivity index (χ1n) is 8.88. The van der Waals surface area contributed by atoms with E-state index in [0.717, 1.165) is 17.8 Å². The van der Waals surface area contributed by atoms with E-state index in [-0.39, 0.29) is 16.5 Å². The van der Waals surface area contributed by atoms with Crippen LogP contribution < -0.4 is 9.47 Å². The van der Waals surface area contributed by atoms with Gasteiger partial charge in [0.1, 0.15) is 16.9 Å². The number of pyridine rings is 1. The maximum atomic E-state index is 13.7. The molecule has 9 heteroatoms. The fourth-order valence-electron chi connectivity index (χ4n) is 2.83. The van der Waals surface area contributed by atoms with Crippen molar-refractivity contribution in [2.24, 2.45) is 0 Å². The molecule has 0 N–H and O–H groups in total. The molecule has 3 aromatic rings. The van der Waals surface area contributed by atoms with E-state index in [1.807, 2.05) is 0 Å². The molecule has 0 saturated heterocycles. The second kappa shape index (κ2) is 9.27. The van der Waals surface area contributed by atoms with Crippen LogP contribution in [0.2, 0.25) is 0 Å². The summed E-state index contributed by atoms with van der Waals surface area (Å²) in [4.78, 5) is 4.32. The minimum atomic E-state index is -4.75. The van der Waals surface area contributed by atoms with Crippen molar-refractivity contribution in [3.05, 3.63) is 71.0 Å². The fourth-order valence-corrected chi connectivity index (χ4v) is 3.79. The molecule has 0 spiro atoms. The van der Waals surface area contributed by atoms with Gasteiger partial charge in [-0.1, -0.05) is 12.1 Å². The zero-order chi connectivity index (χ0) is 22.6. The predicted molar refractivity (Wildman–Crippen MR) is 108 cm³/mol. The van der Waals surface area contributed by atoms with Crippen LogP contribution in [0, 0.1) is 17.1 Å². The molecule has 0 aliphatic rings. The fraction of sp³-hybridized carbons (Fsp3) is 0.182. The lowest BCUT2D eigenvalue weighted by Gasteiger charge is -2.15. The number of benzene rings is 2. The molecule has 31 heavy (non-hydrogen) atoms. The van der Waals surface area contributed by atoms with Crippen LogP contribution in [0.15, 0.2) is 53.6 Å². The quantitative estimate of drug-likeness (QED) is 0.338. The summed E-state index contributed by atoms with van der Waals surface area (Å²) in [5.74, 6) is 0.552. The maximum absolute atomic E-state index is 13.7. The Labute approximate surface area is 180 Å². The first kappa shape index (κ1) is 22.4. The molecule has 0 aliphatic carbocycles. The van der Waals surface area contributed by atoms with Crippen molar-refractivity contribution in [1.82, 2.24) is 4.98 Å². The van der Waals surface area contributed by atoms with E-state index < -0.39 is 23.1 Å². The molecule has 3 rings (SSSR count). The molecule has 0 unspecified atom stereocenters. The smallest absolute Gasteiger partial charge is 0.417 e. The van der Waals surface area contributed by atoms with Crippen LogP contribution in [0.5, 0.6) is 11.5 Å². The summed E-state index contributed by atoms with van der Waals surface area (Å²) in [6.45, 7) is 0. The highest BCUT2D eigenvalue weighted by molar-refractivity contribution is 7.98. The third-order valence-electron chi connectivity index (χ3n) is 4.37. The van der Waals surface area contributed by atoms with Gasteiger partial charge >= 0.3 is 6.18 Å². The Hall–Kier alpha value is -3.25. The summed E-state index contributed by atoms with van der Waals surface area (Å²) < 4.78 is 64.6. The number of ether oxygens (including phenoxy) is 2. The van der Waals surface area contributed by atoms with Crippen molar-refractivity contribution in [3.63, 3.8) is 0 Å². The molecule has 0 bridgehead atoms. The van der Waals surface area contributed by atoms with Crippen LogP contribution in [0.25, 0.3) is 11.3 Å². The summed E-state index contributed by atoms with van der Waals surface area (Å²) in [6.07, 6.45) is -4.75. The minimum Gasteiger partial charge on any atom is -0.493 e. The number of aromatic nitrogens is 1. The number of hydrogen-bond acceptors (Lipinski definition) is 5. The Morgan fingerprint density at radius 1 is 1.00 bits per heavy atom. The number of nitrogens with zero attached hydrogens (tertiary/aromatic N) is 2. The number of nitriles is 1. The molecular weight excluding hydrogens is 432 g/mol. The highest BCUT2D eigenvalue weighted by Gasteiger charge is 2.36. The van der Waals surface area contributed by atoms with E-state index in [2.05, 4.69) is 4.98 Å². The van der Waals surface area contributed by atoms with Crippen molar-refractivity contribution in [2.75, 3.05) is 14.2 Å². The zero-order valence-corrected chi connectivity index (χ0v) is 17.3. The number of rotatable bonds is 6. The molecule has 0 fully saturated rings. The SMILES string of the molecule is COc1ccc(-c2cc(C(F)(F)F)c(C#N)c(SCc3ccc(F)cc3)n2)cc1OC. The van der Waals surface area contributed by atoms with Crippen LogP contribution >= 0.6 is 11.8 Å². The van der Waals surface area contributed by atoms with Gasteiger partial charge in [-0.2, -0.15) is 18.4 Å².